The smallest absolute Gasteiger partial charge is 0.317 e. The molecule has 1 fully saturated rings. The number of carbonyl (C=O) groups is 1. The van der Waals surface area contributed by atoms with Gasteiger partial charge in [-0.2, -0.15) is 0 Å². The molecule has 122 valence electrons. The van der Waals surface area contributed by atoms with Gasteiger partial charge in [-0.3, -0.25) is 9.69 Å². The quantitative estimate of drug-likeness (QED) is 0.813. The summed E-state index contributed by atoms with van der Waals surface area (Å²) in [5.41, 5.74) is 1.36. The average Bonchev–Trinajstić information content (AvgIpc) is 2.52. The molecular formula is C18H28N2O2. The number of nitrogens with one attached hydrogen (secondary N) is 1. The van der Waals surface area contributed by atoms with Gasteiger partial charge in [-0.15, -0.1) is 0 Å². The van der Waals surface area contributed by atoms with Crippen LogP contribution in [0.3, 0.4) is 0 Å². The molecule has 0 unspecified atom stereocenters. The first-order valence-corrected chi connectivity index (χ1v) is 8.31. The van der Waals surface area contributed by atoms with Crippen molar-refractivity contribution in [3.05, 3.63) is 35.9 Å². The highest BCUT2D eigenvalue weighted by Crippen LogP contribution is 2.26. The third-order valence-corrected chi connectivity index (χ3v) is 4.58. The van der Waals surface area contributed by atoms with Crippen LogP contribution in [-0.4, -0.2) is 40.6 Å². The van der Waals surface area contributed by atoms with Gasteiger partial charge in [0.1, 0.15) is 0 Å². The van der Waals surface area contributed by atoms with E-state index in [1.54, 1.807) is 0 Å². The lowest BCUT2D eigenvalue weighted by atomic mass is 9.89. The molecule has 0 saturated heterocycles. The van der Waals surface area contributed by atoms with Crippen molar-refractivity contribution in [3.63, 3.8) is 0 Å². The van der Waals surface area contributed by atoms with E-state index in [0.29, 0.717) is 18.1 Å². The van der Waals surface area contributed by atoms with Crippen molar-refractivity contribution < 1.29 is 9.90 Å². The second-order valence-electron chi connectivity index (χ2n) is 6.53. The van der Waals surface area contributed by atoms with E-state index >= 15 is 0 Å². The summed E-state index contributed by atoms with van der Waals surface area (Å²) in [6.45, 7) is 5.60. The summed E-state index contributed by atoms with van der Waals surface area (Å²) >= 11 is 0. The fraction of sp³-hybridized carbons (Fsp3) is 0.611. The van der Waals surface area contributed by atoms with E-state index in [9.17, 15) is 4.79 Å². The molecule has 1 aromatic carbocycles. The van der Waals surface area contributed by atoms with E-state index < -0.39 is 5.97 Å². The summed E-state index contributed by atoms with van der Waals surface area (Å²) in [4.78, 5) is 13.2. The van der Waals surface area contributed by atoms with Crippen molar-refractivity contribution in [2.75, 3.05) is 6.54 Å². The number of aliphatic carboxylic acids is 1. The maximum atomic E-state index is 10.6. The maximum Gasteiger partial charge on any atom is 0.317 e. The average molecular weight is 304 g/mol. The van der Waals surface area contributed by atoms with Gasteiger partial charge in [0.25, 0.3) is 0 Å². The monoisotopic (exact) mass is 304 g/mol. The van der Waals surface area contributed by atoms with Gasteiger partial charge in [0.15, 0.2) is 0 Å². The molecule has 4 heteroatoms. The van der Waals surface area contributed by atoms with Crippen molar-refractivity contribution >= 4 is 5.97 Å². The molecule has 0 atom stereocenters. The minimum atomic E-state index is -0.769. The Morgan fingerprint density at radius 2 is 1.86 bits per heavy atom. The Bertz CT molecular complexity index is 453. The highest BCUT2D eigenvalue weighted by molar-refractivity contribution is 5.69. The van der Waals surface area contributed by atoms with Crippen LogP contribution >= 0.6 is 0 Å². The molecule has 2 rings (SSSR count). The number of rotatable bonds is 7. The molecule has 0 aromatic heterocycles. The molecule has 0 heterocycles. The van der Waals surface area contributed by atoms with Crippen LogP contribution in [0.25, 0.3) is 0 Å². The molecule has 0 radical (unpaired) electrons. The summed E-state index contributed by atoms with van der Waals surface area (Å²) in [5, 5.41) is 11.9. The lowest BCUT2D eigenvalue weighted by molar-refractivity contribution is -0.136. The van der Waals surface area contributed by atoms with Crippen molar-refractivity contribution in [3.8, 4) is 0 Å². The molecule has 1 aliphatic rings. The summed E-state index contributed by atoms with van der Waals surface area (Å²) in [6, 6.07) is 12.1. The number of hydrogen-bond acceptors (Lipinski definition) is 3. The van der Waals surface area contributed by atoms with Gasteiger partial charge in [0.05, 0.1) is 6.54 Å². The largest absolute Gasteiger partial charge is 0.480 e. The number of carboxylic acid groups (broad SMARTS) is 1. The summed E-state index contributed by atoms with van der Waals surface area (Å²) < 4.78 is 0. The van der Waals surface area contributed by atoms with Crippen molar-refractivity contribution in [2.24, 2.45) is 0 Å². The van der Waals surface area contributed by atoms with Crippen LogP contribution in [-0.2, 0) is 11.3 Å². The Labute approximate surface area is 133 Å². The van der Waals surface area contributed by atoms with Gasteiger partial charge >= 0.3 is 5.97 Å². The predicted molar refractivity (Wildman–Crippen MR) is 88.8 cm³/mol. The van der Waals surface area contributed by atoms with Crippen LogP contribution in [0.2, 0.25) is 0 Å². The number of nitrogens with zero attached hydrogens (tertiary/aromatic N) is 1. The molecular weight excluding hydrogens is 276 g/mol. The van der Waals surface area contributed by atoms with Crippen LogP contribution in [0, 0.1) is 0 Å². The van der Waals surface area contributed by atoms with Gasteiger partial charge in [-0.25, -0.2) is 0 Å². The summed E-state index contributed by atoms with van der Waals surface area (Å²) in [5.74, 6) is -0.769. The Morgan fingerprint density at radius 3 is 2.41 bits per heavy atom. The van der Waals surface area contributed by atoms with E-state index in [0.717, 1.165) is 32.2 Å². The van der Waals surface area contributed by atoms with Gasteiger partial charge in [0, 0.05) is 24.7 Å². The van der Waals surface area contributed by atoms with Gasteiger partial charge in [-0.05, 0) is 45.1 Å². The van der Waals surface area contributed by atoms with E-state index in [-0.39, 0.29) is 6.54 Å². The lowest BCUT2D eigenvalue weighted by Gasteiger charge is -2.39. The van der Waals surface area contributed by atoms with E-state index in [1.165, 1.54) is 5.56 Å². The molecule has 0 amide bonds. The van der Waals surface area contributed by atoms with Crippen molar-refractivity contribution in [2.45, 2.75) is 64.2 Å². The topological polar surface area (TPSA) is 52.6 Å². The molecule has 0 spiro atoms. The minimum absolute atomic E-state index is 0.0766. The lowest BCUT2D eigenvalue weighted by Crippen LogP contribution is -2.45. The first-order valence-electron chi connectivity index (χ1n) is 8.31. The Balaban J connectivity index is 1.87. The molecule has 1 aromatic rings. The first-order chi connectivity index (χ1) is 10.6. The molecule has 2 N–H and O–H groups in total. The standard InChI is InChI=1S/C18H28N2O2/c1-14(2)20(13-15-6-4-3-5-7-15)17-10-8-16(9-11-17)19-12-18(21)22/h3-7,14,16-17,19H,8-13H2,1-2H3,(H,21,22). The first kappa shape index (κ1) is 17.0. The highest BCUT2D eigenvalue weighted by atomic mass is 16.4. The van der Waals surface area contributed by atoms with Crippen molar-refractivity contribution in [1.82, 2.24) is 10.2 Å². The van der Waals surface area contributed by atoms with E-state index in [1.807, 2.05) is 0 Å². The zero-order valence-corrected chi connectivity index (χ0v) is 13.7. The molecule has 22 heavy (non-hydrogen) atoms. The molecule has 0 bridgehead atoms. The van der Waals surface area contributed by atoms with E-state index in [2.05, 4.69) is 54.4 Å². The molecule has 4 nitrogen and oxygen atoms in total. The Kier molecular flexibility index (Phi) is 6.40. The minimum Gasteiger partial charge on any atom is -0.480 e. The number of carboxylic acids is 1. The zero-order valence-electron chi connectivity index (χ0n) is 13.7. The van der Waals surface area contributed by atoms with Crippen LogP contribution in [0.15, 0.2) is 30.3 Å². The fourth-order valence-corrected chi connectivity index (χ4v) is 3.37. The summed E-state index contributed by atoms with van der Waals surface area (Å²) in [6.07, 6.45) is 4.41. The van der Waals surface area contributed by atoms with Gasteiger partial charge < -0.3 is 10.4 Å². The maximum absolute atomic E-state index is 10.6. The van der Waals surface area contributed by atoms with Crippen molar-refractivity contribution in [1.29, 1.82) is 0 Å². The SMILES string of the molecule is CC(C)N(Cc1ccccc1)C1CCC(NCC(=O)O)CC1. The molecule has 1 saturated carbocycles. The van der Waals surface area contributed by atoms with Gasteiger partial charge in [0.2, 0.25) is 0 Å². The molecule has 0 aliphatic heterocycles. The highest BCUT2D eigenvalue weighted by Gasteiger charge is 2.27. The predicted octanol–water partition coefficient (Wildman–Crippen LogP) is 2.88. The van der Waals surface area contributed by atoms with Crippen LogP contribution < -0.4 is 5.32 Å². The third kappa shape index (κ3) is 5.11. The fourth-order valence-electron chi connectivity index (χ4n) is 3.37. The number of benzene rings is 1. The summed E-state index contributed by atoms with van der Waals surface area (Å²) in [7, 11) is 0. The zero-order chi connectivity index (χ0) is 15.9. The van der Waals surface area contributed by atoms with E-state index in [4.69, 9.17) is 5.11 Å². The number of hydrogen-bond donors (Lipinski definition) is 2. The second-order valence-corrected chi connectivity index (χ2v) is 6.53. The van der Waals surface area contributed by atoms with Gasteiger partial charge in [-0.1, -0.05) is 30.3 Å². The Hall–Kier alpha value is -1.39. The normalized spacial score (nSPS) is 22.2. The Morgan fingerprint density at radius 1 is 1.23 bits per heavy atom. The second kappa shape index (κ2) is 8.30. The van der Waals surface area contributed by atoms with Crippen LogP contribution in [0.1, 0.15) is 45.1 Å². The molecule has 1 aliphatic carbocycles. The van der Waals surface area contributed by atoms with Crippen LogP contribution in [0.5, 0.6) is 0 Å². The van der Waals surface area contributed by atoms with Crippen LogP contribution in [0.4, 0.5) is 0 Å². The third-order valence-electron chi connectivity index (χ3n) is 4.58.